The van der Waals surface area contributed by atoms with Crippen LogP contribution in [-0.4, -0.2) is 41.0 Å². The third kappa shape index (κ3) is 3.36. The van der Waals surface area contributed by atoms with Crippen LogP contribution in [0.1, 0.15) is 32.1 Å². The van der Waals surface area contributed by atoms with Gasteiger partial charge in [-0.15, -0.1) is 0 Å². The van der Waals surface area contributed by atoms with Crippen LogP contribution in [0.3, 0.4) is 0 Å². The zero-order chi connectivity index (χ0) is 14.5. The van der Waals surface area contributed by atoms with Crippen molar-refractivity contribution in [2.24, 2.45) is 0 Å². The molecule has 2 rings (SSSR count). The maximum atomic E-state index is 11.4. The second-order valence-electron chi connectivity index (χ2n) is 4.85. The minimum Gasteiger partial charge on any atom is -0.466 e. The highest BCUT2D eigenvalue weighted by Crippen LogP contribution is 2.19. The molecule has 20 heavy (non-hydrogen) atoms. The molecule has 108 valence electrons. The summed E-state index contributed by atoms with van der Waals surface area (Å²) in [5.41, 5.74) is 2.00. The van der Waals surface area contributed by atoms with Crippen molar-refractivity contribution in [2.45, 2.75) is 26.3 Å². The zero-order valence-electron chi connectivity index (χ0n) is 12.2. The number of H-pyrrole nitrogens is 1. The highest BCUT2D eigenvalue weighted by atomic mass is 16.5. The lowest BCUT2D eigenvalue weighted by Crippen LogP contribution is -2.26. The Labute approximate surface area is 118 Å². The van der Waals surface area contributed by atoms with E-state index in [2.05, 4.69) is 21.8 Å². The molecule has 0 bridgehead atoms. The molecule has 0 aliphatic carbocycles. The highest BCUT2D eigenvalue weighted by molar-refractivity contribution is 5.74. The molecular weight excluding hydrogens is 254 g/mol. The average molecular weight is 275 g/mol. The van der Waals surface area contributed by atoms with E-state index in [1.165, 1.54) is 0 Å². The third-order valence-corrected chi connectivity index (χ3v) is 3.44. The van der Waals surface area contributed by atoms with Crippen molar-refractivity contribution < 1.29 is 9.53 Å². The first-order chi connectivity index (χ1) is 9.61. The molecule has 1 aromatic carbocycles. The smallest absolute Gasteiger partial charge is 0.307 e. The quantitative estimate of drug-likeness (QED) is 0.823. The van der Waals surface area contributed by atoms with Gasteiger partial charge in [0.1, 0.15) is 5.82 Å². The van der Waals surface area contributed by atoms with Crippen molar-refractivity contribution >= 4 is 17.0 Å². The molecule has 5 nitrogen and oxygen atoms in total. The second-order valence-corrected chi connectivity index (χ2v) is 4.85. The Morgan fingerprint density at radius 1 is 1.45 bits per heavy atom. The highest BCUT2D eigenvalue weighted by Gasteiger charge is 2.16. The van der Waals surface area contributed by atoms with Crippen LogP contribution in [-0.2, 0) is 9.53 Å². The first-order valence-electron chi connectivity index (χ1n) is 6.92. The van der Waals surface area contributed by atoms with Crippen molar-refractivity contribution in [1.29, 1.82) is 0 Å². The van der Waals surface area contributed by atoms with Gasteiger partial charge in [0.25, 0.3) is 0 Å². The van der Waals surface area contributed by atoms with Gasteiger partial charge in [-0.1, -0.05) is 12.1 Å². The Hall–Kier alpha value is -1.88. The number of rotatable bonds is 6. The van der Waals surface area contributed by atoms with Crippen LogP contribution >= 0.6 is 0 Å². The normalized spacial score (nSPS) is 12.8. The average Bonchev–Trinajstić information content (AvgIpc) is 2.88. The van der Waals surface area contributed by atoms with Crippen molar-refractivity contribution in [3.63, 3.8) is 0 Å². The van der Waals surface area contributed by atoms with E-state index in [9.17, 15) is 4.79 Å². The summed E-state index contributed by atoms with van der Waals surface area (Å²) in [7, 11) is 1.98. The molecule has 0 saturated heterocycles. The van der Waals surface area contributed by atoms with Gasteiger partial charge >= 0.3 is 5.97 Å². The monoisotopic (exact) mass is 275 g/mol. The summed E-state index contributed by atoms with van der Waals surface area (Å²) in [5.74, 6) is 0.758. The number of nitrogens with zero attached hydrogens (tertiary/aromatic N) is 2. The van der Waals surface area contributed by atoms with Gasteiger partial charge in [-0.25, -0.2) is 4.98 Å². The van der Waals surface area contributed by atoms with Crippen molar-refractivity contribution in [1.82, 2.24) is 14.9 Å². The van der Waals surface area contributed by atoms with Crippen LogP contribution < -0.4 is 0 Å². The van der Waals surface area contributed by atoms with E-state index >= 15 is 0 Å². The molecule has 1 N–H and O–H groups in total. The molecule has 1 atom stereocenters. The number of fused-ring (bicyclic) bond motifs is 1. The number of hydrogen-bond donors (Lipinski definition) is 1. The number of aromatic nitrogens is 2. The summed E-state index contributed by atoms with van der Waals surface area (Å²) in [4.78, 5) is 21.4. The Morgan fingerprint density at radius 2 is 2.20 bits per heavy atom. The van der Waals surface area contributed by atoms with Gasteiger partial charge < -0.3 is 9.72 Å². The van der Waals surface area contributed by atoms with Crippen LogP contribution in [0.15, 0.2) is 24.3 Å². The van der Waals surface area contributed by atoms with E-state index in [-0.39, 0.29) is 12.0 Å². The lowest BCUT2D eigenvalue weighted by Gasteiger charge is -2.22. The molecule has 2 aromatic rings. The first-order valence-corrected chi connectivity index (χ1v) is 6.92. The molecule has 1 unspecified atom stereocenters. The third-order valence-electron chi connectivity index (χ3n) is 3.44. The fraction of sp³-hybridized carbons (Fsp3) is 0.467. The first kappa shape index (κ1) is 14.5. The largest absolute Gasteiger partial charge is 0.466 e. The fourth-order valence-corrected chi connectivity index (χ4v) is 2.07. The summed E-state index contributed by atoms with van der Waals surface area (Å²) in [6, 6.07) is 8.08. The number of hydrogen-bond acceptors (Lipinski definition) is 4. The lowest BCUT2D eigenvalue weighted by molar-refractivity contribution is -0.143. The Balaban J connectivity index is 1.99. The number of esters is 1. The number of nitrogens with one attached hydrogen (secondary N) is 1. The SMILES string of the molecule is CCOC(=O)CCN(C)C(C)c1nc2ccccc2[nH]1. The predicted octanol–water partition coefficient (Wildman–Crippen LogP) is 2.51. The lowest BCUT2D eigenvalue weighted by atomic mass is 10.2. The van der Waals surface area contributed by atoms with Crippen molar-refractivity contribution in [3.8, 4) is 0 Å². The molecule has 5 heteroatoms. The van der Waals surface area contributed by atoms with Crippen LogP contribution in [0.4, 0.5) is 0 Å². The minimum atomic E-state index is -0.156. The zero-order valence-corrected chi connectivity index (χ0v) is 12.2. The van der Waals surface area contributed by atoms with Gasteiger partial charge in [0, 0.05) is 6.54 Å². The van der Waals surface area contributed by atoms with Crippen molar-refractivity contribution in [2.75, 3.05) is 20.2 Å². The van der Waals surface area contributed by atoms with Gasteiger partial charge in [-0.05, 0) is 33.0 Å². The maximum absolute atomic E-state index is 11.4. The molecule has 0 radical (unpaired) electrons. The predicted molar refractivity (Wildman–Crippen MR) is 78.4 cm³/mol. The topological polar surface area (TPSA) is 58.2 Å². The molecule has 0 amide bonds. The van der Waals surface area contributed by atoms with Crippen LogP contribution in [0, 0.1) is 0 Å². The van der Waals surface area contributed by atoms with Gasteiger partial charge in [-0.2, -0.15) is 0 Å². The van der Waals surface area contributed by atoms with Crippen molar-refractivity contribution in [3.05, 3.63) is 30.1 Å². The van der Waals surface area contributed by atoms with E-state index in [1.54, 1.807) is 0 Å². The molecule has 0 spiro atoms. The number of aromatic amines is 1. The molecule has 0 fully saturated rings. The van der Waals surface area contributed by atoms with E-state index in [4.69, 9.17) is 4.74 Å². The fourth-order valence-electron chi connectivity index (χ4n) is 2.07. The number of benzene rings is 1. The number of ether oxygens (including phenoxy) is 1. The van der Waals surface area contributed by atoms with Gasteiger partial charge in [0.2, 0.25) is 0 Å². The Kier molecular flexibility index (Phi) is 4.74. The summed E-state index contributed by atoms with van der Waals surface area (Å²) >= 11 is 0. The molecule has 0 saturated carbocycles. The van der Waals surface area contributed by atoms with Crippen LogP contribution in [0.25, 0.3) is 11.0 Å². The number of imidazole rings is 1. The van der Waals surface area contributed by atoms with E-state index in [0.717, 1.165) is 16.9 Å². The molecule has 1 heterocycles. The molecular formula is C15H21N3O2. The van der Waals surface area contributed by atoms with Crippen LogP contribution in [0.2, 0.25) is 0 Å². The van der Waals surface area contributed by atoms with E-state index in [0.29, 0.717) is 19.6 Å². The maximum Gasteiger partial charge on any atom is 0.307 e. The summed E-state index contributed by atoms with van der Waals surface area (Å²) < 4.78 is 4.94. The van der Waals surface area contributed by atoms with E-state index < -0.39 is 0 Å². The van der Waals surface area contributed by atoms with Gasteiger partial charge in [-0.3, -0.25) is 9.69 Å². The summed E-state index contributed by atoms with van der Waals surface area (Å²) in [5, 5.41) is 0. The van der Waals surface area contributed by atoms with Gasteiger partial charge in [0.15, 0.2) is 0 Å². The Morgan fingerprint density at radius 3 is 2.90 bits per heavy atom. The second kappa shape index (κ2) is 6.52. The number of carbonyl (C=O) groups is 1. The molecule has 1 aromatic heterocycles. The standard InChI is InChI=1S/C15H21N3O2/c1-4-20-14(19)9-10-18(3)11(2)15-16-12-7-5-6-8-13(12)17-15/h5-8,11H,4,9-10H2,1-3H3,(H,16,17). The summed E-state index contributed by atoms with van der Waals surface area (Å²) in [6.45, 7) is 4.97. The Bertz CT molecular complexity index is 546. The van der Waals surface area contributed by atoms with Crippen LogP contribution in [0.5, 0.6) is 0 Å². The summed E-state index contributed by atoms with van der Waals surface area (Å²) in [6.07, 6.45) is 0.398. The van der Waals surface area contributed by atoms with E-state index in [1.807, 2.05) is 38.2 Å². The molecule has 0 aliphatic rings. The molecule has 0 aliphatic heterocycles. The minimum absolute atomic E-state index is 0.122. The number of para-hydroxylation sites is 2. The number of carbonyl (C=O) groups excluding carboxylic acids is 1. The van der Waals surface area contributed by atoms with Gasteiger partial charge in [0.05, 0.1) is 30.1 Å².